The lowest BCUT2D eigenvalue weighted by Gasteiger charge is -2.36. The van der Waals surface area contributed by atoms with Crippen LogP contribution in [0.5, 0.6) is 5.75 Å². The van der Waals surface area contributed by atoms with Gasteiger partial charge in [0, 0.05) is 36.0 Å². The van der Waals surface area contributed by atoms with Crippen molar-refractivity contribution in [2.75, 3.05) is 20.3 Å². The van der Waals surface area contributed by atoms with Crippen LogP contribution in [0.3, 0.4) is 0 Å². The molecule has 1 amide bonds. The van der Waals surface area contributed by atoms with Gasteiger partial charge in [-0.3, -0.25) is 9.59 Å². The molecule has 198 valence electrons. The van der Waals surface area contributed by atoms with Crippen LogP contribution in [0, 0.1) is 0 Å². The quantitative estimate of drug-likeness (QED) is 0.272. The topological polar surface area (TPSA) is 71.6 Å². The summed E-state index contributed by atoms with van der Waals surface area (Å²) in [6.45, 7) is 2.48. The highest BCUT2D eigenvalue weighted by molar-refractivity contribution is 5.88. The molecule has 0 radical (unpaired) electrons. The summed E-state index contributed by atoms with van der Waals surface area (Å²) >= 11 is 0. The number of methoxy groups -OCH3 is 1. The van der Waals surface area contributed by atoms with Crippen LogP contribution in [0.4, 0.5) is 13.2 Å². The highest BCUT2D eigenvalue weighted by Gasteiger charge is 2.36. The number of unbranched alkanes of at least 4 members (excludes halogenated alkanes) is 2. The fraction of sp³-hybridized carbons (Fsp3) is 0.429. The van der Waals surface area contributed by atoms with E-state index >= 15 is 0 Å². The number of hydrogen-bond acceptors (Lipinski definition) is 4. The third-order valence-corrected chi connectivity index (χ3v) is 6.76. The van der Waals surface area contributed by atoms with E-state index in [0.717, 1.165) is 34.3 Å². The second kappa shape index (κ2) is 11.3. The molecule has 4 rings (SSSR count). The monoisotopic (exact) mass is 516 g/mol. The summed E-state index contributed by atoms with van der Waals surface area (Å²) in [5.41, 5.74) is 2.21. The van der Waals surface area contributed by atoms with Crippen molar-refractivity contribution in [1.29, 1.82) is 0 Å². The number of hydrogen-bond donors (Lipinski definition) is 1. The molecule has 37 heavy (non-hydrogen) atoms. The summed E-state index contributed by atoms with van der Waals surface area (Å²) in [5, 5.41) is 0.942. The number of alkyl halides is 3. The highest BCUT2D eigenvalue weighted by Crippen LogP contribution is 2.41. The summed E-state index contributed by atoms with van der Waals surface area (Å²) in [4.78, 5) is 29.9. The van der Waals surface area contributed by atoms with Crippen molar-refractivity contribution in [2.24, 2.45) is 0 Å². The Morgan fingerprint density at radius 1 is 1.08 bits per heavy atom. The average Bonchev–Trinajstić information content (AvgIpc) is 3.25. The van der Waals surface area contributed by atoms with Gasteiger partial charge >= 0.3 is 12.1 Å². The van der Waals surface area contributed by atoms with Gasteiger partial charge in [-0.1, -0.05) is 18.6 Å². The zero-order chi connectivity index (χ0) is 26.6. The van der Waals surface area contributed by atoms with E-state index in [9.17, 15) is 22.8 Å². The molecular formula is C28H31F3N2O4. The van der Waals surface area contributed by atoms with Gasteiger partial charge in [0.25, 0.3) is 0 Å². The minimum absolute atomic E-state index is 0.125. The summed E-state index contributed by atoms with van der Waals surface area (Å²) in [7, 11) is 1.58. The molecule has 0 bridgehead atoms. The molecule has 1 unspecified atom stereocenters. The minimum atomic E-state index is -4.49. The largest absolute Gasteiger partial charge is 0.497 e. The van der Waals surface area contributed by atoms with Crippen LogP contribution in [0.1, 0.15) is 67.5 Å². The lowest BCUT2D eigenvalue weighted by molar-refractivity contribution is -0.143. The number of fused-ring (bicyclic) bond motifs is 3. The third kappa shape index (κ3) is 5.92. The van der Waals surface area contributed by atoms with Gasteiger partial charge in [-0.15, -0.1) is 0 Å². The molecule has 1 N–H and O–H groups in total. The van der Waals surface area contributed by atoms with Crippen molar-refractivity contribution >= 4 is 22.8 Å². The number of carbonyl (C=O) groups excluding carboxylic acids is 2. The molecule has 0 saturated carbocycles. The normalized spacial score (nSPS) is 15.5. The Kier molecular flexibility index (Phi) is 8.10. The Hall–Kier alpha value is -3.49. The van der Waals surface area contributed by atoms with Crippen LogP contribution in [-0.4, -0.2) is 42.0 Å². The van der Waals surface area contributed by atoms with Gasteiger partial charge in [-0.25, -0.2) is 0 Å². The molecule has 3 aromatic rings. The first-order chi connectivity index (χ1) is 17.7. The molecule has 0 fully saturated rings. The van der Waals surface area contributed by atoms with Gasteiger partial charge in [0.2, 0.25) is 5.91 Å². The van der Waals surface area contributed by atoms with E-state index in [0.29, 0.717) is 56.6 Å². The molecule has 1 atom stereocenters. The SMILES string of the molecule is CCOC(=O)CCCCCC(=O)N1CCc2c([nH]c3ccc(OC)cc23)C1c1cccc(C(F)(F)F)c1. The first-order valence-corrected chi connectivity index (χ1v) is 12.5. The van der Waals surface area contributed by atoms with Crippen LogP contribution >= 0.6 is 0 Å². The van der Waals surface area contributed by atoms with Crippen molar-refractivity contribution in [1.82, 2.24) is 9.88 Å². The van der Waals surface area contributed by atoms with Crippen molar-refractivity contribution in [3.8, 4) is 5.75 Å². The van der Waals surface area contributed by atoms with Crippen molar-refractivity contribution < 1.29 is 32.2 Å². The number of carbonyl (C=O) groups is 2. The Labute approximate surface area is 213 Å². The Morgan fingerprint density at radius 3 is 2.59 bits per heavy atom. The summed E-state index contributed by atoms with van der Waals surface area (Å²) < 4.78 is 50.9. The number of nitrogens with zero attached hydrogens (tertiary/aromatic N) is 1. The molecule has 6 nitrogen and oxygen atoms in total. The minimum Gasteiger partial charge on any atom is -0.497 e. The average molecular weight is 517 g/mol. The van der Waals surface area contributed by atoms with Crippen molar-refractivity contribution in [2.45, 2.75) is 57.7 Å². The standard InChI is InChI=1S/C28H31F3N2O4/c1-3-37-25(35)11-6-4-5-10-24(34)33-15-14-21-22-17-20(36-2)12-13-23(22)32-26(21)27(33)18-8-7-9-19(16-18)28(29,30)31/h7-9,12-13,16-17,27,32H,3-6,10-11,14-15H2,1-2H3. The number of aromatic amines is 1. The van der Waals surface area contributed by atoms with Crippen molar-refractivity contribution in [3.05, 3.63) is 64.8 Å². The molecule has 0 aliphatic carbocycles. The first-order valence-electron chi connectivity index (χ1n) is 12.5. The number of aromatic nitrogens is 1. The molecule has 1 aliphatic heterocycles. The summed E-state index contributed by atoms with van der Waals surface area (Å²) in [5.74, 6) is 0.309. The van der Waals surface area contributed by atoms with E-state index in [2.05, 4.69) is 4.98 Å². The van der Waals surface area contributed by atoms with Gasteiger partial charge in [0.05, 0.1) is 25.3 Å². The van der Waals surface area contributed by atoms with Gasteiger partial charge in [0.15, 0.2) is 0 Å². The molecule has 1 aromatic heterocycles. The number of halogens is 3. The van der Waals surface area contributed by atoms with Gasteiger partial charge in [-0.05, 0) is 67.6 Å². The van der Waals surface area contributed by atoms with E-state index in [4.69, 9.17) is 9.47 Å². The van der Waals surface area contributed by atoms with Crippen molar-refractivity contribution in [3.63, 3.8) is 0 Å². The van der Waals surface area contributed by atoms with E-state index in [1.54, 1.807) is 25.0 Å². The number of amides is 1. The Balaban J connectivity index is 1.62. The third-order valence-electron chi connectivity index (χ3n) is 6.76. The predicted molar refractivity (Wildman–Crippen MR) is 133 cm³/mol. The zero-order valence-electron chi connectivity index (χ0n) is 21.0. The van der Waals surface area contributed by atoms with Crippen LogP contribution in [0.2, 0.25) is 0 Å². The lowest BCUT2D eigenvalue weighted by Crippen LogP contribution is -2.40. The van der Waals surface area contributed by atoms with Gasteiger partial charge in [-0.2, -0.15) is 13.2 Å². The second-order valence-corrected chi connectivity index (χ2v) is 9.16. The number of benzene rings is 2. The number of H-pyrrole nitrogens is 1. The number of nitrogens with one attached hydrogen (secondary N) is 1. The molecule has 1 aliphatic rings. The van der Waals surface area contributed by atoms with Crippen LogP contribution < -0.4 is 4.74 Å². The molecular weight excluding hydrogens is 485 g/mol. The van der Waals surface area contributed by atoms with Gasteiger partial charge < -0.3 is 19.4 Å². The molecule has 2 heterocycles. The predicted octanol–water partition coefficient (Wildman–Crippen LogP) is 6.18. The Morgan fingerprint density at radius 2 is 1.86 bits per heavy atom. The maximum Gasteiger partial charge on any atom is 0.416 e. The maximum absolute atomic E-state index is 13.5. The lowest BCUT2D eigenvalue weighted by atomic mass is 9.91. The molecule has 0 spiro atoms. The van der Waals surface area contributed by atoms with E-state index in [1.165, 1.54) is 6.07 Å². The van der Waals surface area contributed by atoms with Crippen LogP contribution in [0.25, 0.3) is 10.9 Å². The van der Waals surface area contributed by atoms with E-state index in [-0.39, 0.29) is 18.3 Å². The number of ether oxygens (including phenoxy) is 2. The fourth-order valence-electron chi connectivity index (χ4n) is 4.99. The molecule has 0 saturated heterocycles. The van der Waals surface area contributed by atoms with Crippen LogP contribution in [-0.2, 0) is 26.9 Å². The summed E-state index contributed by atoms with van der Waals surface area (Å²) in [6.07, 6.45) is -1.47. The number of rotatable bonds is 9. The fourth-order valence-corrected chi connectivity index (χ4v) is 4.99. The summed E-state index contributed by atoms with van der Waals surface area (Å²) in [6, 6.07) is 10.1. The smallest absolute Gasteiger partial charge is 0.416 e. The molecule has 9 heteroatoms. The zero-order valence-corrected chi connectivity index (χ0v) is 21.0. The highest BCUT2D eigenvalue weighted by atomic mass is 19.4. The van der Waals surface area contributed by atoms with Crippen LogP contribution in [0.15, 0.2) is 42.5 Å². The number of esters is 1. The molecule has 2 aromatic carbocycles. The Bertz CT molecular complexity index is 1270. The maximum atomic E-state index is 13.5. The van der Waals surface area contributed by atoms with E-state index < -0.39 is 17.8 Å². The van der Waals surface area contributed by atoms with Gasteiger partial charge in [0.1, 0.15) is 5.75 Å². The second-order valence-electron chi connectivity index (χ2n) is 9.16. The first kappa shape index (κ1) is 26.6. The van der Waals surface area contributed by atoms with E-state index in [1.807, 2.05) is 18.2 Å².